The first kappa shape index (κ1) is 19.1. The molecule has 0 saturated carbocycles. The lowest BCUT2D eigenvalue weighted by Crippen LogP contribution is -2.53. The fourth-order valence-corrected chi connectivity index (χ4v) is 5.52. The Morgan fingerprint density at radius 2 is 1.85 bits per heavy atom. The Morgan fingerprint density at radius 1 is 1.15 bits per heavy atom. The number of likely N-dealkylation sites (N-methyl/N-ethyl adjacent to an activating group) is 1. The molecule has 0 bridgehead atoms. The van der Waals surface area contributed by atoms with Crippen LogP contribution in [0.4, 0.5) is 0 Å². The second-order valence-electron chi connectivity index (χ2n) is 7.03. The number of nitrogens with zero attached hydrogens (tertiary/aromatic N) is 3. The number of hydrogen-bond acceptors (Lipinski definition) is 5. The highest BCUT2D eigenvalue weighted by Gasteiger charge is 2.42. The predicted molar refractivity (Wildman–Crippen MR) is 98.7 cm³/mol. The number of benzene rings is 1. The largest absolute Gasteiger partial charge is 0.497 e. The highest BCUT2D eigenvalue weighted by atomic mass is 32.2. The number of hydrogen-bond donors (Lipinski definition) is 0. The van der Waals surface area contributed by atoms with E-state index in [1.807, 2.05) is 7.05 Å². The van der Waals surface area contributed by atoms with Gasteiger partial charge in [-0.25, -0.2) is 8.42 Å². The van der Waals surface area contributed by atoms with Crippen LogP contribution in [-0.4, -0.2) is 81.4 Å². The molecule has 0 aliphatic carbocycles. The minimum atomic E-state index is -3.75. The number of carbonyl (C=O) groups excluding carboxylic acids is 1. The average Bonchev–Trinajstić information content (AvgIpc) is 3.12. The van der Waals surface area contributed by atoms with Gasteiger partial charge in [-0.1, -0.05) is 6.07 Å². The summed E-state index contributed by atoms with van der Waals surface area (Å²) in [5, 5.41) is 0. The number of methoxy groups -OCH3 is 1. The Hall–Kier alpha value is -1.64. The van der Waals surface area contributed by atoms with Gasteiger partial charge in [-0.2, -0.15) is 4.31 Å². The molecule has 0 N–H and O–H groups in total. The molecule has 8 heteroatoms. The molecule has 0 radical (unpaired) electrons. The van der Waals surface area contributed by atoms with Crippen molar-refractivity contribution in [2.24, 2.45) is 0 Å². The zero-order valence-electron chi connectivity index (χ0n) is 15.6. The molecule has 2 aliphatic heterocycles. The molecular weight excluding hydrogens is 354 g/mol. The van der Waals surface area contributed by atoms with Crippen molar-refractivity contribution in [2.45, 2.75) is 30.7 Å². The van der Waals surface area contributed by atoms with Crippen molar-refractivity contribution in [3.05, 3.63) is 23.8 Å². The van der Waals surface area contributed by atoms with E-state index < -0.39 is 16.1 Å². The molecule has 1 aromatic carbocycles. The number of carbonyl (C=O) groups is 1. The van der Waals surface area contributed by atoms with Crippen LogP contribution in [0.2, 0.25) is 0 Å². The molecule has 0 spiro atoms. The van der Waals surface area contributed by atoms with Gasteiger partial charge < -0.3 is 14.5 Å². The van der Waals surface area contributed by atoms with Crippen LogP contribution in [0.25, 0.3) is 0 Å². The molecule has 7 nitrogen and oxygen atoms in total. The summed E-state index contributed by atoms with van der Waals surface area (Å²) in [5.74, 6) is 0.426. The third kappa shape index (κ3) is 3.58. The van der Waals surface area contributed by atoms with Crippen LogP contribution in [0.15, 0.2) is 23.1 Å². The van der Waals surface area contributed by atoms with Gasteiger partial charge in [0.25, 0.3) is 0 Å². The molecule has 2 fully saturated rings. The summed E-state index contributed by atoms with van der Waals surface area (Å²) < 4.78 is 33.1. The lowest BCUT2D eigenvalue weighted by Gasteiger charge is -2.35. The molecule has 2 saturated heterocycles. The van der Waals surface area contributed by atoms with Crippen LogP contribution in [0.1, 0.15) is 18.4 Å². The fourth-order valence-electron chi connectivity index (χ4n) is 3.62. The lowest BCUT2D eigenvalue weighted by molar-refractivity contribution is -0.136. The molecule has 26 heavy (non-hydrogen) atoms. The number of piperazine rings is 1. The van der Waals surface area contributed by atoms with Gasteiger partial charge in [0.1, 0.15) is 11.8 Å². The van der Waals surface area contributed by atoms with Crippen molar-refractivity contribution in [2.75, 3.05) is 46.9 Å². The van der Waals surface area contributed by atoms with Gasteiger partial charge >= 0.3 is 0 Å². The van der Waals surface area contributed by atoms with Gasteiger partial charge in [0.05, 0.1) is 12.0 Å². The smallest absolute Gasteiger partial charge is 0.244 e. The van der Waals surface area contributed by atoms with Gasteiger partial charge in [-0.3, -0.25) is 4.79 Å². The molecule has 0 aromatic heterocycles. The summed E-state index contributed by atoms with van der Waals surface area (Å²) in [6.07, 6.45) is 1.28. The summed E-state index contributed by atoms with van der Waals surface area (Å²) in [7, 11) is -0.212. The number of sulfonamides is 1. The number of aryl methyl sites for hydroxylation is 1. The highest BCUT2D eigenvalue weighted by molar-refractivity contribution is 7.89. The summed E-state index contributed by atoms with van der Waals surface area (Å²) in [6, 6.07) is 4.42. The quantitative estimate of drug-likeness (QED) is 0.776. The van der Waals surface area contributed by atoms with Crippen molar-refractivity contribution in [3.8, 4) is 5.75 Å². The standard InChI is InChI=1S/C18H27N3O4S/c1-14-6-7-15(25-3)13-17(14)26(23,24)21-8-4-5-16(21)18(22)20-11-9-19(2)10-12-20/h6-7,13,16H,4-5,8-12H2,1-3H3. The first-order valence-corrected chi connectivity index (χ1v) is 10.4. The third-order valence-corrected chi connectivity index (χ3v) is 7.34. The maximum Gasteiger partial charge on any atom is 0.244 e. The van der Waals surface area contributed by atoms with Gasteiger partial charge in [-0.15, -0.1) is 0 Å². The molecule has 1 atom stereocenters. The Kier molecular flexibility index (Phi) is 5.55. The number of amides is 1. The van der Waals surface area contributed by atoms with E-state index in [1.54, 1.807) is 30.0 Å². The highest BCUT2D eigenvalue weighted by Crippen LogP contribution is 2.31. The van der Waals surface area contributed by atoms with E-state index in [4.69, 9.17) is 4.74 Å². The van der Waals surface area contributed by atoms with Gasteiger partial charge in [0.15, 0.2) is 0 Å². The maximum absolute atomic E-state index is 13.3. The molecule has 2 heterocycles. The van der Waals surface area contributed by atoms with Gasteiger partial charge in [0, 0.05) is 38.8 Å². The normalized spacial score (nSPS) is 22.6. The van der Waals surface area contributed by atoms with Crippen molar-refractivity contribution in [3.63, 3.8) is 0 Å². The minimum Gasteiger partial charge on any atom is -0.497 e. The van der Waals surface area contributed by atoms with Crippen LogP contribution in [-0.2, 0) is 14.8 Å². The van der Waals surface area contributed by atoms with Crippen molar-refractivity contribution in [1.29, 1.82) is 0 Å². The van der Waals surface area contributed by atoms with Gasteiger partial charge in [-0.05, 0) is 38.4 Å². The van der Waals surface area contributed by atoms with Crippen LogP contribution in [0.5, 0.6) is 5.75 Å². The van der Waals surface area contributed by atoms with Crippen LogP contribution < -0.4 is 4.74 Å². The van der Waals surface area contributed by atoms with Crippen molar-refractivity contribution in [1.82, 2.24) is 14.1 Å². The van der Waals surface area contributed by atoms with Crippen molar-refractivity contribution < 1.29 is 17.9 Å². The number of rotatable bonds is 4. The molecule has 3 rings (SSSR count). The van der Waals surface area contributed by atoms with E-state index in [2.05, 4.69) is 4.90 Å². The van der Waals surface area contributed by atoms with E-state index in [-0.39, 0.29) is 10.8 Å². The second kappa shape index (κ2) is 7.54. The Bertz CT molecular complexity index is 773. The molecule has 1 amide bonds. The first-order valence-electron chi connectivity index (χ1n) is 8.98. The van der Waals surface area contributed by atoms with E-state index in [0.717, 1.165) is 13.1 Å². The Morgan fingerprint density at radius 3 is 2.50 bits per heavy atom. The van der Waals surface area contributed by atoms with Crippen LogP contribution in [0.3, 0.4) is 0 Å². The fraction of sp³-hybridized carbons (Fsp3) is 0.611. The molecular formula is C18H27N3O4S. The SMILES string of the molecule is COc1ccc(C)c(S(=O)(=O)N2CCCC2C(=O)N2CCN(C)CC2)c1. The zero-order valence-corrected chi connectivity index (χ0v) is 16.5. The number of ether oxygens (including phenoxy) is 1. The summed E-state index contributed by atoms with van der Waals surface area (Å²) in [5.41, 5.74) is 0.656. The third-order valence-electron chi connectivity index (χ3n) is 5.29. The van der Waals surface area contributed by atoms with E-state index in [0.29, 0.717) is 43.8 Å². The average molecular weight is 381 g/mol. The topological polar surface area (TPSA) is 70.2 Å². The van der Waals surface area contributed by atoms with Gasteiger partial charge in [0.2, 0.25) is 15.9 Å². The molecule has 144 valence electrons. The van der Waals surface area contributed by atoms with E-state index in [9.17, 15) is 13.2 Å². The van der Waals surface area contributed by atoms with Crippen LogP contribution >= 0.6 is 0 Å². The molecule has 2 aliphatic rings. The monoisotopic (exact) mass is 381 g/mol. The summed E-state index contributed by atoms with van der Waals surface area (Å²) in [6.45, 7) is 5.08. The summed E-state index contributed by atoms with van der Waals surface area (Å²) in [4.78, 5) is 17.2. The van der Waals surface area contributed by atoms with E-state index in [1.165, 1.54) is 11.4 Å². The molecule has 1 aromatic rings. The predicted octanol–water partition coefficient (Wildman–Crippen LogP) is 0.931. The molecule has 1 unspecified atom stereocenters. The second-order valence-corrected chi connectivity index (χ2v) is 8.89. The summed E-state index contributed by atoms with van der Waals surface area (Å²) >= 11 is 0. The Labute approximate surface area is 155 Å². The lowest BCUT2D eigenvalue weighted by atomic mass is 10.2. The first-order chi connectivity index (χ1) is 12.3. The maximum atomic E-state index is 13.3. The Balaban J connectivity index is 1.86. The van der Waals surface area contributed by atoms with Crippen LogP contribution in [0, 0.1) is 6.92 Å². The zero-order chi connectivity index (χ0) is 18.9. The van der Waals surface area contributed by atoms with E-state index >= 15 is 0 Å². The minimum absolute atomic E-state index is 0.0697. The van der Waals surface area contributed by atoms with Crippen molar-refractivity contribution >= 4 is 15.9 Å².